The van der Waals surface area contributed by atoms with Gasteiger partial charge in [0.05, 0.1) is 7.11 Å². The third-order valence-electron chi connectivity index (χ3n) is 3.85. The fourth-order valence-electron chi connectivity index (χ4n) is 2.59. The van der Waals surface area contributed by atoms with Crippen molar-refractivity contribution in [1.29, 1.82) is 0 Å². The second-order valence-corrected chi connectivity index (χ2v) is 6.66. The lowest BCUT2D eigenvalue weighted by molar-refractivity contribution is -0.741. The second kappa shape index (κ2) is 9.14. The first-order valence-electron chi connectivity index (χ1n) is 8.03. The highest BCUT2D eigenvalue weighted by atomic mass is 32.3. The molecule has 0 aliphatic carbocycles. The minimum absolute atomic E-state index is 0.549. The predicted octanol–water partition coefficient (Wildman–Crippen LogP) is 2.37. The molecule has 0 aliphatic heterocycles. The Morgan fingerprint density at radius 3 is 2.00 bits per heavy atom. The van der Waals surface area contributed by atoms with Gasteiger partial charge in [0.15, 0.2) is 7.05 Å². The average Bonchev–Trinajstić information content (AvgIpc) is 3.00. The molecule has 0 atom stereocenters. The lowest BCUT2D eigenvalue weighted by Gasteiger charge is -2.02. The van der Waals surface area contributed by atoms with Crippen molar-refractivity contribution in [2.24, 2.45) is 7.05 Å². The van der Waals surface area contributed by atoms with Gasteiger partial charge in [0.25, 0.3) is 0 Å². The van der Waals surface area contributed by atoms with Crippen molar-refractivity contribution in [3.8, 4) is 34.9 Å². The third-order valence-corrected chi connectivity index (χ3v) is 4.25. The number of terminal acetylenes is 1. The molecular formula is C20H20N2O4S. The molecule has 0 N–H and O–H groups in total. The van der Waals surface area contributed by atoms with E-state index in [-0.39, 0.29) is 0 Å². The lowest BCUT2D eigenvalue weighted by atomic mass is 10.1. The SMILES string of the molecule is C#CCn1c(-c2ccccc2)cc(-c2ccccc2)[n+]1C.COS(=O)(=O)[O-]. The molecule has 1 heterocycles. The quantitative estimate of drug-likeness (QED) is 0.300. The van der Waals surface area contributed by atoms with Crippen molar-refractivity contribution >= 4 is 10.4 Å². The molecular weight excluding hydrogens is 364 g/mol. The summed E-state index contributed by atoms with van der Waals surface area (Å²) in [6, 6.07) is 22.9. The highest BCUT2D eigenvalue weighted by Crippen LogP contribution is 2.24. The van der Waals surface area contributed by atoms with E-state index in [9.17, 15) is 13.0 Å². The van der Waals surface area contributed by atoms with Crippen LogP contribution in [0.3, 0.4) is 0 Å². The van der Waals surface area contributed by atoms with Crippen molar-refractivity contribution < 1.29 is 21.8 Å². The van der Waals surface area contributed by atoms with Crippen LogP contribution in [0.1, 0.15) is 0 Å². The molecule has 3 aromatic rings. The summed E-state index contributed by atoms with van der Waals surface area (Å²) in [5, 5.41) is 0. The van der Waals surface area contributed by atoms with E-state index in [4.69, 9.17) is 6.42 Å². The molecule has 0 spiro atoms. The molecule has 27 heavy (non-hydrogen) atoms. The zero-order valence-corrected chi connectivity index (χ0v) is 15.9. The molecule has 0 bridgehead atoms. The van der Waals surface area contributed by atoms with Crippen LogP contribution < -0.4 is 4.68 Å². The summed E-state index contributed by atoms with van der Waals surface area (Å²) < 4.78 is 35.3. The number of benzene rings is 2. The van der Waals surface area contributed by atoms with Gasteiger partial charge in [-0.1, -0.05) is 54.5 Å². The average molecular weight is 384 g/mol. The van der Waals surface area contributed by atoms with Crippen LogP contribution in [-0.4, -0.2) is 24.8 Å². The van der Waals surface area contributed by atoms with Crippen LogP contribution in [0.4, 0.5) is 0 Å². The number of rotatable bonds is 4. The van der Waals surface area contributed by atoms with Gasteiger partial charge in [-0.15, -0.1) is 15.8 Å². The molecule has 2 aromatic carbocycles. The zero-order chi connectivity index (χ0) is 19.9. The second-order valence-electron chi connectivity index (χ2n) is 5.51. The monoisotopic (exact) mass is 384 g/mol. The smallest absolute Gasteiger partial charge is 0.238 e. The Morgan fingerprint density at radius 1 is 1.07 bits per heavy atom. The first kappa shape index (κ1) is 20.4. The molecule has 3 rings (SSSR count). The van der Waals surface area contributed by atoms with Crippen LogP contribution >= 0.6 is 0 Å². The Kier molecular flexibility index (Phi) is 6.91. The van der Waals surface area contributed by atoms with E-state index in [0.29, 0.717) is 6.54 Å². The van der Waals surface area contributed by atoms with Gasteiger partial charge in [0.2, 0.25) is 16.1 Å². The summed E-state index contributed by atoms with van der Waals surface area (Å²) in [5.74, 6) is 2.74. The molecule has 6 nitrogen and oxygen atoms in total. The van der Waals surface area contributed by atoms with Gasteiger partial charge in [-0.25, -0.2) is 8.42 Å². The molecule has 0 saturated carbocycles. The number of hydrogen-bond donors (Lipinski definition) is 0. The molecule has 7 heteroatoms. The number of aromatic nitrogens is 2. The fraction of sp³-hybridized carbons (Fsp3) is 0.150. The molecule has 0 aliphatic rings. The van der Waals surface area contributed by atoms with Gasteiger partial charge in [0, 0.05) is 17.2 Å². The van der Waals surface area contributed by atoms with E-state index in [1.807, 2.05) is 31.3 Å². The van der Waals surface area contributed by atoms with E-state index in [2.05, 4.69) is 61.9 Å². The molecule has 1 aromatic heterocycles. The lowest BCUT2D eigenvalue weighted by Crippen LogP contribution is -2.40. The van der Waals surface area contributed by atoms with Crippen LogP contribution in [0.25, 0.3) is 22.5 Å². The first-order valence-corrected chi connectivity index (χ1v) is 9.36. The molecule has 0 radical (unpaired) electrons. The first-order chi connectivity index (χ1) is 12.9. The molecule has 0 saturated heterocycles. The standard InChI is InChI=1S/C19H17N2.CH4O4S/c1-3-14-21-19(17-12-8-5-9-13-17)15-18(20(21)2)16-10-6-4-7-11-16;1-5-6(2,3)4/h1,4-13,15H,14H2,2H3;1H3,(H,2,3,4)/q+1;/p-1. The topological polar surface area (TPSA) is 75.2 Å². The van der Waals surface area contributed by atoms with Crippen LogP contribution in [0.2, 0.25) is 0 Å². The zero-order valence-electron chi connectivity index (χ0n) is 15.1. The van der Waals surface area contributed by atoms with E-state index >= 15 is 0 Å². The van der Waals surface area contributed by atoms with Gasteiger partial charge in [-0.05, 0) is 12.1 Å². The highest BCUT2D eigenvalue weighted by molar-refractivity contribution is 7.80. The Morgan fingerprint density at radius 2 is 1.56 bits per heavy atom. The minimum atomic E-state index is -4.41. The summed E-state index contributed by atoms with van der Waals surface area (Å²) >= 11 is 0. The number of nitrogens with zero attached hydrogens (tertiary/aromatic N) is 2. The van der Waals surface area contributed by atoms with Crippen LogP contribution in [0, 0.1) is 12.3 Å². The maximum Gasteiger partial charge on any atom is 0.238 e. The van der Waals surface area contributed by atoms with Crippen molar-refractivity contribution in [1.82, 2.24) is 4.68 Å². The minimum Gasteiger partial charge on any atom is -0.726 e. The Hall–Kier alpha value is -2.92. The summed E-state index contributed by atoms with van der Waals surface area (Å²) in [6.07, 6.45) is 5.54. The Balaban J connectivity index is 0.000000380. The molecule has 140 valence electrons. The van der Waals surface area contributed by atoms with Gasteiger partial charge in [-0.3, -0.25) is 4.18 Å². The fourth-order valence-corrected chi connectivity index (χ4v) is 2.59. The van der Waals surface area contributed by atoms with Gasteiger partial charge >= 0.3 is 0 Å². The largest absolute Gasteiger partial charge is 0.726 e. The summed E-state index contributed by atoms with van der Waals surface area (Å²) in [4.78, 5) is 0. The predicted molar refractivity (Wildman–Crippen MR) is 102 cm³/mol. The van der Waals surface area contributed by atoms with Crippen LogP contribution in [-0.2, 0) is 28.2 Å². The number of hydrogen-bond acceptors (Lipinski definition) is 4. The molecule has 0 unspecified atom stereocenters. The Bertz CT molecular complexity index is 1020. The summed E-state index contributed by atoms with van der Waals surface area (Å²) in [7, 11) is -1.56. The third kappa shape index (κ3) is 5.53. The van der Waals surface area contributed by atoms with E-state index in [0.717, 1.165) is 18.5 Å². The van der Waals surface area contributed by atoms with Crippen molar-refractivity contribution in [3.05, 3.63) is 66.7 Å². The normalized spacial score (nSPS) is 10.6. The summed E-state index contributed by atoms with van der Waals surface area (Å²) in [5.41, 5.74) is 4.65. The summed E-state index contributed by atoms with van der Waals surface area (Å²) in [6.45, 7) is 0.549. The van der Waals surface area contributed by atoms with E-state index in [1.165, 1.54) is 11.1 Å². The molecule has 0 amide bonds. The van der Waals surface area contributed by atoms with Gasteiger partial charge in [0.1, 0.15) is 12.2 Å². The van der Waals surface area contributed by atoms with Crippen molar-refractivity contribution in [2.45, 2.75) is 6.54 Å². The highest BCUT2D eigenvalue weighted by Gasteiger charge is 2.21. The van der Waals surface area contributed by atoms with Gasteiger partial charge < -0.3 is 4.55 Å². The van der Waals surface area contributed by atoms with Crippen LogP contribution in [0.5, 0.6) is 0 Å². The molecule has 0 fully saturated rings. The van der Waals surface area contributed by atoms with Crippen LogP contribution in [0.15, 0.2) is 66.7 Å². The van der Waals surface area contributed by atoms with Crippen molar-refractivity contribution in [2.75, 3.05) is 7.11 Å². The Labute approximate surface area is 159 Å². The van der Waals surface area contributed by atoms with Gasteiger partial charge in [-0.2, -0.15) is 0 Å². The van der Waals surface area contributed by atoms with E-state index in [1.54, 1.807) is 0 Å². The maximum absolute atomic E-state index is 9.22. The van der Waals surface area contributed by atoms with Crippen molar-refractivity contribution in [3.63, 3.8) is 0 Å². The van der Waals surface area contributed by atoms with E-state index < -0.39 is 10.4 Å². The maximum atomic E-state index is 9.22.